The zero-order valence-electron chi connectivity index (χ0n) is 17.2. The molecular formula is C19H35NO7. The fourth-order valence-electron chi connectivity index (χ4n) is 2.33. The highest BCUT2D eigenvalue weighted by Gasteiger charge is 2.30. The summed E-state index contributed by atoms with van der Waals surface area (Å²) in [4.78, 5) is 34.8. The zero-order chi connectivity index (χ0) is 20.9. The molecule has 0 spiro atoms. The molecule has 2 atom stereocenters. The van der Waals surface area contributed by atoms with Gasteiger partial charge in [0.2, 0.25) is 5.91 Å². The van der Waals surface area contributed by atoms with Gasteiger partial charge in [-0.2, -0.15) is 0 Å². The summed E-state index contributed by atoms with van der Waals surface area (Å²) in [7, 11) is 0. The summed E-state index contributed by atoms with van der Waals surface area (Å²) in [5, 5.41) is 12.0. The molecule has 2 N–H and O–H groups in total. The summed E-state index contributed by atoms with van der Waals surface area (Å²) in [5.74, 6) is -2.47. The molecule has 8 heteroatoms. The maximum absolute atomic E-state index is 12.6. The van der Waals surface area contributed by atoms with Crippen molar-refractivity contribution in [3.05, 3.63) is 0 Å². The number of carbonyl (C=O) groups excluding carboxylic acids is 2. The van der Waals surface area contributed by atoms with Crippen LogP contribution in [0.2, 0.25) is 0 Å². The van der Waals surface area contributed by atoms with Gasteiger partial charge < -0.3 is 24.6 Å². The summed E-state index contributed by atoms with van der Waals surface area (Å²) in [6.07, 6.45) is 0.716. The average Bonchev–Trinajstić information content (AvgIpc) is 2.54. The number of ether oxygens (including phenoxy) is 3. The number of hydrogen-bond donors (Lipinski definition) is 2. The molecule has 0 saturated carbocycles. The first-order valence-electron chi connectivity index (χ1n) is 9.38. The summed E-state index contributed by atoms with van der Waals surface area (Å²) >= 11 is 0. The molecule has 0 radical (unpaired) electrons. The van der Waals surface area contributed by atoms with Crippen LogP contribution in [0.5, 0.6) is 0 Å². The highest BCUT2D eigenvalue weighted by molar-refractivity contribution is 5.83. The van der Waals surface area contributed by atoms with Crippen molar-refractivity contribution in [1.82, 2.24) is 5.32 Å². The predicted molar refractivity (Wildman–Crippen MR) is 100 cm³/mol. The molecule has 1 amide bonds. The topological polar surface area (TPSA) is 111 Å². The minimum absolute atomic E-state index is 0.0465. The van der Waals surface area contributed by atoms with E-state index >= 15 is 0 Å². The van der Waals surface area contributed by atoms with E-state index < -0.39 is 23.9 Å². The second kappa shape index (κ2) is 13.5. The Morgan fingerprint density at radius 3 is 2.22 bits per heavy atom. The smallest absolute Gasteiger partial charge is 0.304 e. The Kier molecular flexibility index (Phi) is 12.7. The SMILES string of the molecule is CCOCCOCCC[C@H](CC(=O)O)C(=O)N[C@H](COC(C)=O)C(C)(C)C. The van der Waals surface area contributed by atoms with Crippen LogP contribution in [-0.2, 0) is 28.6 Å². The van der Waals surface area contributed by atoms with Crippen molar-refractivity contribution in [2.45, 2.75) is 59.9 Å². The number of rotatable bonds is 14. The van der Waals surface area contributed by atoms with E-state index in [1.54, 1.807) is 0 Å². The Labute approximate surface area is 161 Å². The number of esters is 1. The Bertz CT molecular complexity index is 459. The maximum atomic E-state index is 12.6. The van der Waals surface area contributed by atoms with Crippen LogP contribution in [0.15, 0.2) is 0 Å². The van der Waals surface area contributed by atoms with Gasteiger partial charge in [0.25, 0.3) is 0 Å². The highest BCUT2D eigenvalue weighted by atomic mass is 16.5. The number of nitrogens with one attached hydrogen (secondary N) is 1. The van der Waals surface area contributed by atoms with Crippen molar-refractivity contribution in [3.8, 4) is 0 Å². The van der Waals surface area contributed by atoms with Gasteiger partial charge in [-0.25, -0.2) is 0 Å². The monoisotopic (exact) mass is 389 g/mol. The lowest BCUT2D eigenvalue weighted by atomic mass is 9.86. The molecule has 8 nitrogen and oxygen atoms in total. The first-order valence-corrected chi connectivity index (χ1v) is 9.38. The molecule has 0 aliphatic heterocycles. The molecule has 0 aliphatic carbocycles. The van der Waals surface area contributed by atoms with Crippen LogP contribution < -0.4 is 5.32 Å². The molecule has 0 aliphatic rings. The summed E-state index contributed by atoms with van der Waals surface area (Å²) in [5.41, 5.74) is -0.346. The van der Waals surface area contributed by atoms with Crippen LogP contribution in [0.3, 0.4) is 0 Å². The number of carbonyl (C=O) groups is 3. The number of carboxylic acid groups (broad SMARTS) is 1. The zero-order valence-corrected chi connectivity index (χ0v) is 17.2. The third-order valence-electron chi connectivity index (χ3n) is 4.02. The van der Waals surface area contributed by atoms with Gasteiger partial charge in [-0.05, 0) is 25.2 Å². The van der Waals surface area contributed by atoms with E-state index in [4.69, 9.17) is 19.3 Å². The molecule has 0 aromatic rings. The van der Waals surface area contributed by atoms with E-state index in [1.165, 1.54) is 6.92 Å². The minimum Gasteiger partial charge on any atom is -0.481 e. The average molecular weight is 389 g/mol. The summed E-state index contributed by atoms with van der Waals surface area (Å²) in [6, 6.07) is -0.410. The van der Waals surface area contributed by atoms with Gasteiger partial charge in [-0.3, -0.25) is 14.4 Å². The van der Waals surface area contributed by atoms with E-state index in [0.29, 0.717) is 39.3 Å². The van der Waals surface area contributed by atoms with Crippen LogP contribution in [-0.4, -0.2) is 62.0 Å². The van der Waals surface area contributed by atoms with Crippen LogP contribution in [0.25, 0.3) is 0 Å². The van der Waals surface area contributed by atoms with Gasteiger partial charge >= 0.3 is 11.9 Å². The normalized spacial score (nSPS) is 13.7. The summed E-state index contributed by atoms with van der Waals surface area (Å²) < 4.78 is 15.6. The van der Waals surface area contributed by atoms with E-state index in [9.17, 15) is 14.4 Å². The van der Waals surface area contributed by atoms with Crippen molar-refractivity contribution in [3.63, 3.8) is 0 Å². The molecule has 27 heavy (non-hydrogen) atoms. The van der Waals surface area contributed by atoms with Crippen molar-refractivity contribution in [2.75, 3.05) is 33.0 Å². The first-order chi connectivity index (χ1) is 12.6. The Balaban J connectivity index is 4.63. The van der Waals surface area contributed by atoms with Crippen LogP contribution in [0, 0.1) is 11.3 Å². The van der Waals surface area contributed by atoms with Crippen LogP contribution in [0.1, 0.15) is 53.9 Å². The number of hydrogen-bond acceptors (Lipinski definition) is 6. The molecule has 0 unspecified atom stereocenters. The van der Waals surface area contributed by atoms with E-state index in [0.717, 1.165) is 0 Å². The van der Waals surface area contributed by atoms with E-state index in [-0.39, 0.29) is 24.3 Å². The number of amides is 1. The lowest BCUT2D eigenvalue weighted by Gasteiger charge is -2.32. The lowest BCUT2D eigenvalue weighted by Crippen LogP contribution is -2.49. The van der Waals surface area contributed by atoms with Crippen molar-refractivity contribution in [2.24, 2.45) is 11.3 Å². The first kappa shape index (κ1) is 25.3. The fraction of sp³-hybridized carbons (Fsp3) is 0.842. The van der Waals surface area contributed by atoms with Crippen molar-refractivity contribution < 1.29 is 33.7 Å². The fourth-order valence-corrected chi connectivity index (χ4v) is 2.33. The minimum atomic E-state index is -1.03. The van der Waals surface area contributed by atoms with Gasteiger partial charge in [0.15, 0.2) is 0 Å². The van der Waals surface area contributed by atoms with Gasteiger partial charge in [-0.15, -0.1) is 0 Å². The molecule has 0 fully saturated rings. The third-order valence-corrected chi connectivity index (χ3v) is 4.02. The predicted octanol–water partition coefficient (Wildman–Crippen LogP) is 2.00. The van der Waals surface area contributed by atoms with Gasteiger partial charge in [0, 0.05) is 26.1 Å². The van der Waals surface area contributed by atoms with Crippen molar-refractivity contribution in [1.29, 1.82) is 0 Å². The Hall–Kier alpha value is -1.67. The molecule has 0 bridgehead atoms. The van der Waals surface area contributed by atoms with Gasteiger partial charge in [0.05, 0.1) is 25.7 Å². The van der Waals surface area contributed by atoms with Crippen molar-refractivity contribution >= 4 is 17.8 Å². The Morgan fingerprint density at radius 1 is 1.07 bits per heavy atom. The second-order valence-electron chi connectivity index (χ2n) is 7.48. The second-order valence-corrected chi connectivity index (χ2v) is 7.48. The largest absolute Gasteiger partial charge is 0.481 e. The van der Waals surface area contributed by atoms with Gasteiger partial charge in [-0.1, -0.05) is 20.8 Å². The van der Waals surface area contributed by atoms with Crippen LogP contribution in [0.4, 0.5) is 0 Å². The quantitative estimate of drug-likeness (QED) is 0.345. The highest BCUT2D eigenvalue weighted by Crippen LogP contribution is 2.21. The van der Waals surface area contributed by atoms with Crippen LogP contribution >= 0.6 is 0 Å². The molecule has 158 valence electrons. The Morgan fingerprint density at radius 2 is 1.70 bits per heavy atom. The molecule has 0 aromatic heterocycles. The maximum Gasteiger partial charge on any atom is 0.304 e. The molecule has 0 aromatic carbocycles. The van der Waals surface area contributed by atoms with E-state index in [2.05, 4.69) is 5.32 Å². The molecule has 0 rings (SSSR count). The van der Waals surface area contributed by atoms with Gasteiger partial charge in [0.1, 0.15) is 6.61 Å². The van der Waals surface area contributed by atoms with E-state index in [1.807, 2.05) is 27.7 Å². The molecule has 0 heterocycles. The molecular weight excluding hydrogens is 354 g/mol. The third kappa shape index (κ3) is 13.2. The number of carboxylic acids is 1. The lowest BCUT2D eigenvalue weighted by molar-refractivity contribution is -0.144. The molecule has 0 saturated heterocycles. The summed E-state index contributed by atoms with van der Waals surface area (Å²) in [6.45, 7) is 11.1. The number of aliphatic carboxylic acids is 1. The standard InChI is InChI=1S/C19H35NO7/c1-6-25-10-11-26-9-7-8-15(12-17(22)23)18(24)20-16(19(3,4)5)13-27-14(2)21/h15-16H,6-13H2,1-5H3,(H,20,24)(H,22,23)/t15-,16-/m1/s1.